The molecule has 1 rings (SSSR count). The van der Waals surface area contributed by atoms with E-state index in [0.717, 1.165) is 34.8 Å². The van der Waals surface area contributed by atoms with Crippen LogP contribution in [-0.2, 0) is 0 Å². The molecule has 0 aliphatic rings. The van der Waals surface area contributed by atoms with Crippen LogP contribution in [0.4, 0.5) is 0 Å². The third-order valence-corrected chi connectivity index (χ3v) is 3.33. The van der Waals surface area contributed by atoms with Crippen molar-refractivity contribution in [2.45, 2.75) is 25.7 Å². The molecule has 0 atom stereocenters. The number of hydrogen-bond donors (Lipinski definition) is 1. The summed E-state index contributed by atoms with van der Waals surface area (Å²) in [7, 11) is 1.99. The monoisotopic (exact) mass is 319 g/mol. The maximum Gasteiger partial charge on any atom is 0.133 e. The fourth-order valence-corrected chi connectivity index (χ4v) is 2.33. The molecule has 96 valence electrons. The second-order valence-corrected chi connectivity index (χ2v) is 5.23. The Kier molecular flexibility index (Phi) is 7.65. The summed E-state index contributed by atoms with van der Waals surface area (Å²) in [5, 5.41) is 3.87. The molecular formula is C13H19BrClNO. The van der Waals surface area contributed by atoms with E-state index in [2.05, 4.69) is 21.2 Å². The largest absolute Gasteiger partial charge is 0.492 e. The van der Waals surface area contributed by atoms with Gasteiger partial charge in [-0.25, -0.2) is 0 Å². The zero-order valence-corrected chi connectivity index (χ0v) is 12.5. The molecule has 0 heterocycles. The van der Waals surface area contributed by atoms with Gasteiger partial charge in [0.1, 0.15) is 5.75 Å². The summed E-state index contributed by atoms with van der Waals surface area (Å²) in [6, 6.07) is 5.59. The molecule has 0 aliphatic heterocycles. The van der Waals surface area contributed by atoms with Crippen LogP contribution in [0.5, 0.6) is 5.75 Å². The standard InChI is InChI=1S/C13H19BrClNO/c1-16-8-4-2-3-5-9-17-13-7-6-11(15)10-12(13)14/h6-7,10,16H,2-5,8-9H2,1H3. The molecule has 2 nitrogen and oxygen atoms in total. The first-order valence-corrected chi connectivity index (χ1v) is 7.13. The minimum absolute atomic E-state index is 0.719. The lowest BCUT2D eigenvalue weighted by atomic mass is 10.2. The molecule has 1 N–H and O–H groups in total. The molecule has 0 aliphatic carbocycles. The predicted octanol–water partition coefficient (Wildman–Crippen LogP) is 4.26. The van der Waals surface area contributed by atoms with E-state index in [0.29, 0.717) is 0 Å². The number of ether oxygens (including phenoxy) is 1. The Morgan fingerprint density at radius 3 is 2.71 bits per heavy atom. The van der Waals surface area contributed by atoms with E-state index in [1.54, 1.807) is 0 Å². The van der Waals surface area contributed by atoms with Crippen molar-refractivity contribution in [1.82, 2.24) is 5.32 Å². The quantitative estimate of drug-likeness (QED) is 0.723. The minimum atomic E-state index is 0.719. The Morgan fingerprint density at radius 2 is 2.00 bits per heavy atom. The molecule has 0 fully saturated rings. The molecule has 0 spiro atoms. The highest BCUT2D eigenvalue weighted by Crippen LogP contribution is 2.28. The Labute approximate surface area is 117 Å². The van der Waals surface area contributed by atoms with Crippen molar-refractivity contribution in [3.05, 3.63) is 27.7 Å². The molecule has 1 aromatic carbocycles. The zero-order chi connectivity index (χ0) is 12.5. The Morgan fingerprint density at radius 1 is 1.24 bits per heavy atom. The molecule has 1 aromatic rings. The summed E-state index contributed by atoms with van der Waals surface area (Å²) in [6.45, 7) is 1.86. The summed E-state index contributed by atoms with van der Waals surface area (Å²) in [5.74, 6) is 0.865. The second-order valence-electron chi connectivity index (χ2n) is 3.94. The van der Waals surface area contributed by atoms with Gasteiger partial charge in [-0.3, -0.25) is 0 Å². The van der Waals surface area contributed by atoms with Crippen molar-refractivity contribution >= 4 is 27.5 Å². The van der Waals surface area contributed by atoms with Gasteiger partial charge in [0.15, 0.2) is 0 Å². The van der Waals surface area contributed by atoms with Gasteiger partial charge in [-0.2, -0.15) is 0 Å². The summed E-state index contributed by atoms with van der Waals surface area (Å²) >= 11 is 9.29. The van der Waals surface area contributed by atoms with Crippen LogP contribution in [0, 0.1) is 0 Å². The van der Waals surface area contributed by atoms with Gasteiger partial charge >= 0.3 is 0 Å². The first-order valence-electron chi connectivity index (χ1n) is 5.96. The van der Waals surface area contributed by atoms with Gasteiger partial charge in [0.25, 0.3) is 0 Å². The normalized spacial score (nSPS) is 10.5. The zero-order valence-electron chi connectivity index (χ0n) is 10.1. The van der Waals surface area contributed by atoms with Gasteiger partial charge in [-0.15, -0.1) is 0 Å². The van der Waals surface area contributed by atoms with E-state index in [1.165, 1.54) is 19.3 Å². The smallest absolute Gasteiger partial charge is 0.133 e. The van der Waals surface area contributed by atoms with Crippen LogP contribution in [0.2, 0.25) is 5.02 Å². The van der Waals surface area contributed by atoms with Crippen LogP contribution in [0.15, 0.2) is 22.7 Å². The molecule has 0 aromatic heterocycles. The first-order chi connectivity index (χ1) is 8.24. The Balaban J connectivity index is 2.14. The molecule has 0 unspecified atom stereocenters. The predicted molar refractivity (Wildman–Crippen MR) is 77.0 cm³/mol. The van der Waals surface area contributed by atoms with Crippen molar-refractivity contribution in [2.75, 3.05) is 20.2 Å². The summed E-state index contributed by atoms with van der Waals surface area (Å²) in [5.41, 5.74) is 0. The lowest BCUT2D eigenvalue weighted by molar-refractivity contribution is 0.303. The van der Waals surface area contributed by atoms with Crippen LogP contribution >= 0.6 is 27.5 Å². The number of benzene rings is 1. The minimum Gasteiger partial charge on any atom is -0.492 e. The van der Waals surface area contributed by atoms with Crippen molar-refractivity contribution in [3.63, 3.8) is 0 Å². The highest BCUT2D eigenvalue weighted by atomic mass is 79.9. The molecular weight excluding hydrogens is 302 g/mol. The van der Waals surface area contributed by atoms with Crippen LogP contribution in [-0.4, -0.2) is 20.2 Å². The number of rotatable bonds is 8. The highest BCUT2D eigenvalue weighted by Gasteiger charge is 2.01. The van der Waals surface area contributed by atoms with E-state index in [-0.39, 0.29) is 0 Å². The van der Waals surface area contributed by atoms with E-state index in [1.807, 2.05) is 25.2 Å². The average Bonchev–Trinajstić information content (AvgIpc) is 2.30. The average molecular weight is 321 g/mol. The van der Waals surface area contributed by atoms with Gasteiger partial charge in [0.05, 0.1) is 11.1 Å². The van der Waals surface area contributed by atoms with Gasteiger partial charge in [0, 0.05) is 5.02 Å². The third-order valence-electron chi connectivity index (χ3n) is 2.47. The van der Waals surface area contributed by atoms with E-state index < -0.39 is 0 Å². The van der Waals surface area contributed by atoms with Crippen LogP contribution < -0.4 is 10.1 Å². The molecule has 0 radical (unpaired) electrons. The fourth-order valence-electron chi connectivity index (χ4n) is 1.53. The van der Waals surface area contributed by atoms with Crippen molar-refractivity contribution in [1.29, 1.82) is 0 Å². The number of unbranched alkanes of at least 4 members (excludes halogenated alkanes) is 3. The molecule has 4 heteroatoms. The van der Waals surface area contributed by atoms with Crippen LogP contribution in [0.3, 0.4) is 0 Å². The maximum absolute atomic E-state index is 5.86. The summed E-state index contributed by atoms with van der Waals surface area (Å²) in [4.78, 5) is 0. The summed E-state index contributed by atoms with van der Waals surface area (Å²) in [6.07, 6.45) is 4.80. The number of halogens is 2. The van der Waals surface area contributed by atoms with Gasteiger partial charge in [-0.1, -0.05) is 24.4 Å². The van der Waals surface area contributed by atoms with Gasteiger partial charge in [0.2, 0.25) is 0 Å². The Bertz CT molecular complexity index is 333. The van der Waals surface area contributed by atoms with E-state index in [9.17, 15) is 0 Å². The van der Waals surface area contributed by atoms with Crippen molar-refractivity contribution in [3.8, 4) is 5.75 Å². The SMILES string of the molecule is CNCCCCCCOc1ccc(Cl)cc1Br. The molecule has 17 heavy (non-hydrogen) atoms. The molecule has 0 amide bonds. The third kappa shape index (κ3) is 6.29. The first kappa shape index (κ1) is 14.8. The Hall–Kier alpha value is -0.250. The highest BCUT2D eigenvalue weighted by molar-refractivity contribution is 9.10. The number of nitrogens with one attached hydrogen (secondary N) is 1. The lowest BCUT2D eigenvalue weighted by Crippen LogP contribution is -2.07. The number of hydrogen-bond acceptors (Lipinski definition) is 2. The van der Waals surface area contributed by atoms with Crippen LogP contribution in [0.1, 0.15) is 25.7 Å². The van der Waals surface area contributed by atoms with Crippen molar-refractivity contribution < 1.29 is 4.74 Å². The van der Waals surface area contributed by atoms with E-state index >= 15 is 0 Å². The fraction of sp³-hybridized carbons (Fsp3) is 0.538. The van der Waals surface area contributed by atoms with Gasteiger partial charge < -0.3 is 10.1 Å². The lowest BCUT2D eigenvalue weighted by Gasteiger charge is -2.08. The molecule has 0 saturated carbocycles. The topological polar surface area (TPSA) is 21.3 Å². The summed E-state index contributed by atoms with van der Waals surface area (Å²) < 4.78 is 6.59. The van der Waals surface area contributed by atoms with E-state index in [4.69, 9.17) is 16.3 Å². The molecule has 0 bridgehead atoms. The maximum atomic E-state index is 5.86. The van der Waals surface area contributed by atoms with Crippen molar-refractivity contribution in [2.24, 2.45) is 0 Å². The second kappa shape index (κ2) is 8.78. The van der Waals surface area contributed by atoms with Crippen LogP contribution in [0.25, 0.3) is 0 Å². The molecule has 0 saturated heterocycles. The van der Waals surface area contributed by atoms with Gasteiger partial charge in [-0.05, 0) is 60.6 Å².